The molecule has 1 aromatic heterocycles. The van der Waals surface area contributed by atoms with E-state index in [0.717, 1.165) is 5.82 Å². The van der Waals surface area contributed by atoms with E-state index in [0.29, 0.717) is 24.0 Å². The second-order valence-corrected chi connectivity index (χ2v) is 5.61. The number of aromatic carboxylic acids is 1. The van der Waals surface area contributed by atoms with Gasteiger partial charge >= 0.3 is 5.97 Å². The number of nitrogens with one attached hydrogen (secondary N) is 1. The summed E-state index contributed by atoms with van der Waals surface area (Å²) in [5.41, 5.74) is 1.73. The van der Waals surface area contributed by atoms with Crippen molar-refractivity contribution in [1.29, 1.82) is 0 Å². The number of halogens is 1. The minimum atomic E-state index is -1.08. The number of hydrogen-bond acceptors (Lipinski definition) is 3. The van der Waals surface area contributed by atoms with Gasteiger partial charge in [0.25, 0.3) is 5.91 Å². The number of aromatic nitrogens is 2. The molecule has 0 aliphatic carbocycles. The van der Waals surface area contributed by atoms with Gasteiger partial charge < -0.3 is 15.0 Å². The van der Waals surface area contributed by atoms with Crippen molar-refractivity contribution < 1.29 is 19.1 Å². The van der Waals surface area contributed by atoms with Crippen LogP contribution in [0, 0.1) is 5.82 Å². The number of fused-ring (bicyclic) bond motifs is 1. The highest BCUT2D eigenvalue weighted by Crippen LogP contribution is 2.16. The fraction of sp³-hybridized carbons (Fsp3) is 0.167. The van der Waals surface area contributed by atoms with Crippen LogP contribution >= 0.6 is 0 Å². The van der Waals surface area contributed by atoms with Crippen LogP contribution in [0.15, 0.2) is 42.5 Å². The maximum atomic E-state index is 13.3. The molecule has 0 atom stereocenters. The molecule has 0 aliphatic rings. The van der Waals surface area contributed by atoms with Gasteiger partial charge in [-0.05, 0) is 36.4 Å². The van der Waals surface area contributed by atoms with Crippen LogP contribution in [0.1, 0.15) is 26.5 Å². The Morgan fingerprint density at radius 2 is 1.96 bits per heavy atom. The quantitative estimate of drug-likeness (QED) is 0.746. The minimum Gasteiger partial charge on any atom is -0.478 e. The van der Waals surface area contributed by atoms with E-state index in [1.165, 1.54) is 30.3 Å². The van der Waals surface area contributed by atoms with E-state index >= 15 is 0 Å². The average molecular weight is 341 g/mol. The normalized spacial score (nSPS) is 10.8. The lowest BCUT2D eigenvalue weighted by molar-refractivity contribution is 0.0697. The number of carbonyl (C=O) groups excluding carboxylic acids is 1. The van der Waals surface area contributed by atoms with Crippen molar-refractivity contribution in [1.82, 2.24) is 14.9 Å². The number of rotatable bonds is 5. The van der Waals surface area contributed by atoms with Crippen molar-refractivity contribution in [3.8, 4) is 0 Å². The third-order valence-corrected chi connectivity index (χ3v) is 3.94. The first-order chi connectivity index (χ1) is 12.0. The molecule has 3 aromatic rings. The van der Waals surface area contributed by atoms with Gasteiger partial charge in [-0.1, -0.05) is 6.07 Å². The van der Waals surface area contributed by atoms with E-state index in [-0.39, 0.29) is 22.9 Å². The van der Waals surface area contributed by atoms with Gasteiger partial charge in [-0.25, -0.2) is 14.2 Å². The van der Waals surface area contributed by atoms with Crippen LogP contribution in [-0.4, -0.2) is 33.1 Å². The van der Waals surface area contributed by atoms with Crippen LogP contribution in [0.5, 0.6) is 0 Å². The number of hydrogen-bond donors (Lipinski definition) is 2. The van der Waals surface area contributed by atoms with Crippen LogP contribution in [0.3, 0.4) is 0 Å². The van der Waals surface area contributed by atoms with Gasteiger partial charge in [0.1, 0.15) is 11.6 Å². The summed E-state index contributed by atoms with van der Waals surface area (Å²) < 4.78 is 15.1. The van der Waals surface area contributed by atoms with E-state index < -0.39 is 5.97 Å². The van der Waals surface area contributed by atoms with E-state index in [1.807, 2.05) is 0 Å². The van der Waals surface area contributed by atoms with Gasteiger partial charge in [0, 0.05) is 25.6 Å². The number of amides is 1. The Morgan fingerprint density at radius 1 is 1.20 bits per heavy atom. The van der Waals surface area contributed by atoms with Crippen molar-refractivity contribution in [2.24, 2.45) is 7.05 Å². The topological polar surface area (TPSA) is 84.2 Å². The largest absolute Gasteiger partial charge is 0.478 e. The summed E-state index contributed by atoms with van der Waals surface area (Å²) in [6.45, 7) is 0.329. The number of imidazole rings is 1. The predicted molar refractivity (Wildman–Crippen MR) is 90.1 cm³/mol. The zero-order valence-corrected chi connectivity index (χ0v) is 13.5. The van der Waals surface area contributed by atoms with Crippen molar-refractivity contribution in [3.05, 3.63) is 65.2 Å². The molecule has 0 fully saturated rings. The molecular formula is C18H16FN3O3. The van der Waals surface area contributed by atoms with Gasteiger partial charge in [-0.2, -0.15) is 0 Å². The average Bonchev–Trinajstić information content (AvgIpc) is 2.91. The molecule has 128 valence electrons. The zero-order chi connectivity index (χ0) is 18.0. The van der Waals surface area contributed by atoms with Gasteiger partial charge in [-0.3, -0.25) is 4.79 Å². The monoisotopic (exact) mass is 341 g/mol. The molecule has 0 aliphatic heterocycles. The number of carbonyl (C=O) groups is 2. The SMILES string of the molecule is Cn1c(CCNC(=O)c2cccc(C(=O)O)c2)nc2ccc(F)cc21. The summed E-state index contributed by atoms with van der Waals surface area (Å²) in [5.74, 6) is -1.04. The molecule has 0 radical (unpaired) electrons. The first-order valence-electron chi connectivity index (χ1n) is 7.68. The summed E-state index contributed by atoms with van der Waals surface area (Å²) >= 11 is 0. The minimum absolute atomic E-state index is 0.0602. The number of carboxylic acids is 1. The first-order valence-corrected chi connectivity index (χ1v) is 7.68. The molecule has 0 bridgehead atoms. The summed E-state index contributed by atoms with van der Waals surface area (Å²) in [6, 6.07) is 10.2. The standard InChI is InChI=1S/C18H16FN3O3/c1-22-15-10-13(19)5-6-14(15)21-16(22)7-8-20-17(23)11-3-2-4-12(9-11)18(24)25/h2-6,9-10H,7-8H2,1H3,(H,20,23)(H,24,25). The molecule has 0 saturated heterocycles. The summed E-state index contributed by atoms with van der Waals surface area (Å²) in [4.78, 5) is 27.5. The Morgan fingerprint density at radius 3 is 2.72 bits per heavy atom. The van der Waals surface area contributed by atoms with E-state index in [2.05, 4.69) is 10.3 Å². The lowest BCUT2D eigenvalue weighted by Gasteiger charge is -2.06. The Labute approximate surface area is 142 Å². The molecule has 0 spiro atoms. The highest BCUT2D eigenvalue weighted by atomic mass is 19.1. The maximum Gasteiger partial charge on any atom is 0.335 e. The van der Waals surface area contributed by atoms with E-state index in [4.69, 9.17) is 5.11 Å². The second-order valence-electron chi connectivity index (χ2n) is 5.61. The van der Waals surface area contributed by atoms with Crippen LogP contribution in [0.25, 0.3) is 11.0 Å². The lowest BCUT2D eigenvalue weighted by Crippen LogP contribution is -2.26. The van der Waals surface area contributed by atoms with Crippen LogP contribution in [0.4, 0.5) is 4.39 Å². The third kappa shape index (κ3) is 3.50. The van der Waals surface area contributed by atoms with Gasteiger partial charge in [0.05, 0.1) is 16.6 Å². The Balaban J connectivity index is 1.67. The number of aryl methyl sites for hydroxylation is 1. The third-order valence-electron chi connectivity index (χ3n) is 3.94. The van der Waals surface area contributed by atoms with Crippen molar-refractivity contribution in [2.45, 2.75) is 6.42 Å². The van der Waals surface area contributed by atoms with Gasteiger partial charge in [-0.15, -0.1) is 0 Å². The Bertz CT molecular complexity index is 965. The van der Waals surface area contributed by atoms with Crippen molar-refractivity contribution in [3.63, 3.8) is 0 Å². The Kier molecular flexibility index (Phi) is 4.47. The second kappa shape index (κ2) is 6.72. The zero-order valence-electron chi connectivity index (χ0n) is 13.5. The smallest absolute Gasteiger partial charge is 0.335 e. The molecule has 1 heterocycles. The molecule has 6 nitrogen and oxygen atoms in total. The summed E-state index contributed by atoms with van der Waals surface area (Å²) in [6.07, 6.45) is 0.469. The van der Waals surface area contributed by atoms with Gasteiger partial charge in [0.2, 0.25) is 0 Å². The molecule has 1 amide bonds. The summed E-state index contributed by atoms with van der Waals surface area (Å²) in [7, 11) is 1.79. The number of carboxylic acid groups (broad SMARTS) is 1. The first kappa shape index (κ1) is 16.6. The fourth-order valence-electron chi connectivity index (χ4n) is 2.62. The molecular weight excluding hydrogens is 325 g/mol. The maximum absolute atomic E-state index is 13.3. The van der Waals surface area contributed by atoms with Gasteiger partial charge in [0.15, 0.2) is 0 Å². The van der Waals surface area contributed by atoms with Crippen LogP contribution in [0.2, 0.25) is 0 Å². The van der Waals surface area contributed by atoms with Crippen molar-refractivity contribution >= 4 is 22.9 Å². The molecule has 0 unspecified atom stereocenters. The van der Waals surface area contributed by atoms with E-state index in [1.54, 1.807) is 23.7 Å². The molecule has 3 rings (SSSR count). The Hall–Kier alpha value is -3.22. The molecule has 25 heavy (non-hydrogen) atoms. The molecule has 0 saturated carbocycles. The lowest BCUT2D eigenvalue weighted by atomic mass is 10.1. The fourth-order valence-corrected chi connectivity index (χ4v) is 2.62. The molecule has 2 aromatic carbocycles. The summed E-state index contributed by atoms with van der Waals surface area (Å²) in [5, 5.41) is 11.7. The number of benzene rings is 2. The van der Waals surface area contributed by atoms with E-state index in [9.17, 15) is 14.0 Å². The van der Waals surface area contributed by atoms with Crippen LogP contribution in [-0.2, 0) is 13.5 Å². The highest BCUT2D eigenvalue weighted by Gasteiger charge is 2.11. The molecule has 7 heteroatoms. The molecule has 2 N–H and O–H groups in total. The number of nitrogens with zero attached hydrogens (tertiary/aromatic N) is 2. The van der Waals surface area contributed by atoms with Crippen molar-refractivity contribution in [2.75, 3.05) is 6.54 Å². The predicted octanol–water partition coefficient (Wildman–Crippen LogP) is 2.38. The highest BCUT2D eigenvalue weighted by molar-refractivity contribution is 5.97. The van der Waals surface area contributed by atoms with Crippen LogP contribution < -0.4 is 5.32 Å².